The molecule has 0 N–H and O–H groups in total. The second-order valence-corrected chi connectivity index (χ2v) is 4.33. The van der Waals surface area contributed by atoms with Gasteiger partial charge in [-0.1, -0.05) is 0 Å². The predicted octanol–water partition coefficient (Wildman–Crippen LogP) is 2.23. The molecule has 0 fully saturated rings. The first kappa shape index (κ1) is 15.0. The molecular formula is C11H10BrN3O4. The Morgan fingerprint density at radius 3 is 2.84 bits per heavy atom. The molecule has 8 heteroatoms. The third-order valence-corrected chi connectivity index (χ3v) is 3.39. The molecule has 0 spiro atoms. The zero-order chi connectivity index (χ0) is 14.6. The molecule has 0 radical (unpaired) electrons. The van der Waals surface area contributed by atoms with Crippen molar-refractivity contribution in [3.8, 4) is 6.07 Å². The van der Waals surface area contributed by atoms with Gasteiger partial charge >= 0.3 is 5.97 Å². The summed E-state index contributed by atoms with van der Waals surface area (Å²) in [5.74, 6) is -1.94. The lowest BCUT2D eigenvalue weighted by Gasteiger charge is -2.11. The molecule has 100 valence electrons. The number of ether oxygens (including phenoxy) is 1. The molecule has 0 saturated carbocycles. The van der Waals surface area contributed by atoms with E-state index in [4.69, 9.17) is 10.00 Å². The number of carbonyl (C=O) groups is 1. The normalized spacial score (nSPS) is 11.5. The highest BCUT2D eigenvalue weighted by atomic mass is 79.9. The molecule has 1 aromatic heterocycles. The number of esters is 1. The maximum Gasteiger partial charge on any atom is 0.329 e. The van der Waals surface area contributed by atoms with Crippen LogP contribution in [0.5, 0.6) is 0 Å². The summed E-state index contributed by atoms with van der Waals surface area (Å²) in [6, 6.07) is 1.78. The summed E-state index contributed by atoms with van der Waals surface area (Å²) in [5, 5.41) is 19.8. The van der Waals surface area contributed by atoms with E-state index < -0.39 is 16.8 Å². The monoisotopic (exact) mass is 327 g/mol. The highest BCUT2D eigenvalue weighted by Crippen LogP contribution is 2.31. The fourth-order valence-corrected chi connectivity index (χ4v) is 1.96. The molecule has 0 aliphatic heterocycles. The van der Waals surface area contributed by atoms with E-state index in [9.17, 15) is 14.9 Å². The Hall–Kier alpha value is -2.01. The minimum absolute atomic E-state index is 0.115. The Balaban J connectivity index is 3.28. The molecule has 0 bridgehead atoms. The maximum absolute atomic E-state index is 11.6. The van der Waals surface area contributed by atoms with Gasteiger partial charge in [-0.2, -0.15) is 5.26 Å². The van der Waals surface area contributed by atoms with Crippen molar-refractivity contribution in [2.75, 3.05) is 6.61 Å². The lowest BCUT2D eigenvalue weighted by atomic mass is 10.0. The quantitative estimate of drug-likeness (QED) is 0.477. The van der Waals surface area contributed by atoms with E-state index in [-0.39, 0.29) is 22.5 Å². The van der Waals surface area contributed by atoms with Crippen molar-refractivity contribution in [1.29, 1.82) is 5.26 Å². The number of hydrogen-bond acceptors (Lipinski definition) is 6. The van der Waals surface area contributed by atoms with Crippen LogP contribution in [0.4, 0.5) is 5.69 Å². The van der Waals surface area contributed by atoms with Crippen molar-refractivity contribution in [2.45, 2.75) is 19.8 Å². The number of pyridine rings is 1. The van der Waals surface area contributed by atoms with E-state index in [1.807, 2.05) is 0 Å². The predicted molar refractivity (Wildman–Crippen MR) is 68.3 cm³/mol. The number of aromatic nitrogens is 1. The Morgan fingerprint density at radius 2 is 2.37 bits per heavy atom. The first-order valence-electron chi connectivity index (χ1n) is 5.29. The summed E-state index contributed by atoms with van der Waals surface area (Å²) in [7, 11) is 0. The smallest absolute Gasteiger partial charge is 0.329 e. The Kier molecular flexibility index (Phi) is 4.94. The molecule has 1 unspecified atom stereocenters. The summed E-state index contributed by atoms with van der Waals surface area (Å²) < 4.78 is 5.03. The Labute approximate surface area is 117 Å². The number of nitrogens with zero attached hydrogens (tertiary/aromatic N) is 3. The van der Waals surface area contributed by atoms with Crippen LogP contribution in [-0.2, 0) is 9.53 Å². The zero-order valence-corrected chi connectivity index (χ0v) is 11.8. The largest absolute Gasteiger partial charge is 0.465 e. The molecule has 0 saturated heterocycles. The number of rotatable bonds is 4. The molecule has 0 aliphatic rings. The van der Waals surface area contributed by atoms with Gasteiger partial charge in [0, 0.05) is 5.56 Å². The van der Waals surface area contributed by atoms with Crippen LogP contribution in [-0.4, -0.2) is 22.5 Å². The number of nitro groups is 1. The molecule has 0 aliphatic carbocycles. The first-order chi connectivity index (χ1) is 8.93. The van der Waals surface area contributed by atoms with Gasteiger partial charge in [-0.3, -0.25) is 19.9 Å². The van der Waals surface area contributed by atoms with Gasteiger partial charge in [0.1, 0.15) is 6.20 Å². The first-order valence-corrected chi connectivity index (χ1v) is 6.08. The highest BCUT2D eigenvalue weighted by Gasteiger charge is 2.28. The van der Waals surface area contributed by atoms with Gasteiger partial charge in [-0.25, -0.2) is 0 Å². The molecule has 1 rings (SSSR count). The molecule has 19 heavy (non-hydrogen) atoms. The van der Waals surface area contributed by atoms with E-state index in [0.29, 0.717) is 5.56 Å². The van der Waals surface area contributed by atoms with Gasteiger partial charge < -0.3 is 4.74 Å². The fourth-order valence-electron chi connectivity index (χ4n) is 1.43. The van der Waals surface area contributed by atoms with Gasteiger partial charge in [0.25, 0.3) is 5.69 Å². The van der Waals surface area contributed by atoms with Gasteiger partial charge in [0.2, 0.25) is 0 Å². The molecular weight excluding hydrogens is 318 g/mol. The van der Waals surface area contributed by atoms with Gasteiger partial charge in [-0.05, 0) is 29.8 Å². The van der Waals surface area contributed by atoms with Crippen LogP contribution >= 0.6 is 15.9 Å². The second-order valence-electron chi connectivity index (χ2n) is 3.54. The minimum atomic E-state index is -1.21. The summed E-state index contributed by atoms with van der Waals surface area (Å²) in [6.07, 6.45) is 1.03. The molecule has 0 aromatic carbocycles. The average Bonchev–Trinajstić information content (AvgIpc) is 2.35. The standard InChI is InChI=1S/C11H10BrN3O4/c1-3-19-11(16)7(4-13)10-9(12)6(2)8(5-14-10)15(17)18/h5,7H,3H2,1-2H3. The van der Waals surface area contributed by atoms with Gasteiger partial charge in [0.15, 0.2) is 5.92 Å². The topological polar surface area (TPSA) is 106 Å². The minimum Gasteiger partial charge on any atom is -0.465 e. The number of hydrogen-bond donors (Lipinski definition) is 0. The van der Waals surface area contributed by atoms with Gasteiger partial charge in [-0.15, -0.1) is 0 Å². The third-order valence-electron chi connectivity index (χ3n) is 2.39. The van der Waals surface area contributed by atoms with Crippen LogP contribution in [0.2, 0.25) is 0 Å². The summed E-state index contributed by atoms with van der Waals surface area (Å²) in [5.41, 5.74) is 0.236. The van der Waals surface area contributed by atoms with Crippen molar-refractivity contribution >= 4 is 27.6 Å². The van der Waals surface area contributed by atoms with Crippen molar-refractivity contribution in [3.63, 3.8) is 0 Å². The molecule has 1 heterocycles. The maximum atomic E-state index is 11.6. The lowest BCUT2D eigenvalue weighted by Crippen LogP contribution is -2.16. The molecule has 1 atom stereocenters. The van der Waals surface area contributed by atoms with Crippen LogP contribution in [0.3, 0.4) is 0 Å². The van der Waals surface area contributed by atoms with Crippen LogP contribution in [0, 0.1) is 28.4 Å². The van der Waals surface area contributed by atoms with Crippen molar-refractivity contribution in [3.05, 3.63) is 32.0 Å². The highest BCUT2D eigenvalue weighted by molar-refractivity contribution is 9.10. The number of nitriles is 1. The summed E-state index contributed by atoms with van der Waals surface area (Å²) >= 11 is 3.13. The van der Waals surface area contributed by atoms with Crippen LogP contribution in [0.25, 0.3) is 0 Å². The van der Waals surface area contributed by atoms with Crippen molar-refractivity contribution in [1.82, 2.24) is 4.98 Å². The zero-order valence-electron chi connectivity index (χ0n) is 10.2. The van der Waals surface area contributed by atoms with Crippen LogP contribution in [0.15, 0.2) is 10.7 Å². The molecule has 7 nitrogen and oxygen atoms in total. The molecule has 1 aromatic rings. The average molecular weight is 328 g/mol. The molecule has 0 amide bonds. The number of carbonyl (C=O) groups excluding carboxylic acids is 1. The van der Waals surface area contributed by atoms with E-state index in [1.165, 1.54) is 6.92 Å². The Bertz CT molecular complexity index is 568. The van der Waals surface area contributed by atoms with Crippen LogP contribution in [0.1, 0.15) is 24.1 Å². The summed E-state index contributed by atoms with van der Waals surface area (Å²) in [4.78, 5) is 25.6. The van der Waals surface area contributed by atoms with E-state index >= 15 is 0 Å². The van der Waals surface area contributed by atoms with E-state index in [2.05, 4.69) is 20.9 Å². The SMILES string of the molecule is CCOC(=O)C(C#N)c1ncc([N+](=O)[O-])c(C)c1Br. The number of halogens is 1. The van der Waals surface area contributed by atoms with Gasteiger partial charge in [0.05, 0.1) is 27.8 Å². The van der Waals surface area contributed by atoms with Crippen molar-refractivity contribution in [2.24, 2.45) is 0 Å². The third kappa shape index (κ3) is 3.06. The van der Waals surface area contributed by atoms with E-state index in [1.54, 1.807) is 13.0 Å². The fraction of sp³-hybridized carbons (Fsp3) is 0.364. The van der Waals surface area contributed by atoms with Crippen molar-refractivity contribution < 1.29 is 14.5 Å². The summed E-state index contributed by atoms with van der Waals surface area (Å²) in [6.45, 7) is 3.27. The Morgan fingerprint density at radius 1 is 1.74 bits per heavy atom. The van der Waals surface area contributed by atoms with Crippen LogP contribution < -0.4 is 0 Å². The lowest BCUT2D eigenvalue weighted by molar-refractivity contribution is -0.385. The van der Waals surface area contributed by atoms with E-state index in [0.717, 1.165) is 6.20 Å². The second kappa shape index (κ2) is 6.24.